The smallest absolute Gasteiger partial charge is 0.254 e. The number of benzene rings is 2. The molecule has 0 radical (unpaired) electrons. The largest absolute Gasteiger partial charge is 0.394 e. The van der Waals surface area contributed by atoms with Crippen LogP contribution in [0.5, 0.6) is 0 Å². The fraction of sp³-hybridized carbons (Fsp3) is 0.400. The Morgan fingerprint density at radius 3 is 2.52 bits per heavy atom. The summed E-state index contributed by atoms with van der Waals surface area (Å²) in [5.74, 6) is -0.131. The molecule has 2 N–H and O–H groups in total. The second-order valence-corrected chi connectivity index (χ2v) is 8.13. The fourth-order valence-electron chi connectivity index (χ4n) is 4.39. The number of carbonyl (C=O) groups excluding carboxylic acids is 1. The van der Waals surface area contributed by atoms with E-state index in [-0.39, 0.29) is 18.6 Å². The van der Waals surface area contributed by atoms with Crippen molar-refractivity contribution in [2.45, 2.75) is 25.9 Å². The number of aliphatic hydroxyl groups excluding tert-OH is 1. The highest BCUT2D eigenvalue weighted by atomic mass is 16.5. The summed E-state index contributed by atoms with van der Waals surface area (Å²) in [6.07, 6.45) is 0.595. The lowest BCUT2D eigenvalue weighted by Gasteiger charge is -2.27. The number of carbonyl (C=O) groups is 1. The summed E-state index contributed by atoms with van der Waals surface area (Å²) in [6, 6.07) is 17.7. The highest BCUT2D eigenvalue weighted by Gasteiger charge is 2.22. The van der Waals surface area contributed by atoms with Gasteiger partial charge in [0.05, 0.1) is 31.4 Å². The quantitative estimate of drug-likeness (QED) is 0.587. The summed E-state index contributed by atoms with van der Waals surface area (Å²) >= 11 is 0. The Balaban J connectivity index is 1.54. The molecule has 1 atom stereocenters. The molecule has 1 saturated heterocycles. The first-order valence-corrected chi connectivity index (χ1v) is 11.0. The van der Waals surface area contributed by atoms with Gasteiger partial charge >= 0.3 is 0 Å². The van der Waals surface area contributed by atoms with Crippen LogP contribution in [0.1, 0.15) is 21.6 Å². The molecule has 2 heterocycles. The van der Waals surface area contributed by atoms with Crippen LogP contribution in [0, 0.1) is 6.92 Å². The van der Waals surface area contributed by atoms with Gasteiger partial charge in [0.1, 0.15) is 0 Å². The molecule has 2 aromatic carbocycles. The zero-order valence-corrected chi connectivity index (χ0v) is 18.1. The van der Waals surface area contributed by atoms with Gasteiger partial charge in [0.2, 0.25) is 0 Å². The van der Waals surface area contributed by atoms with Crippen LogP contribution in [0.25, 0.3) is 10.9 Å². The number of fused-ring (bicyclic) bond motifs is 1. The van der Waals surface area contributed by atoms with Crippen LogP contribution >= 0.6 is 0 Å². The Kier molecular flexibility index (Phi) is 7.02. The third-order valence-electron chi connectivity index (χ3n) is 6.08. The minimum absolute atomic E-state index is 0.102. The zero-order valence-electron chi connectivity index (χ0n) is 18.1. The number of ether oxygens (including phenoxy) is 1. The van der Waals surface area contributed by atoms with Gasteiger partial charge in [0.25, 0.3) is 5.91 Å². The lowest BCUT2D eigenvalue weighted by Crippen LogP contribution is -2.39. The SMILES string of the molecule is Cc1c(C(=O)NC(CO)Cc2ccccc2)c2ccccc2n1CCN1CCOCC1. The zero-order chi connectivity index (χ0) is 21.6. The average Bonchev–Trinajstić information content (AvgIpc) is 3.09. The van der Waals surface area contributed by atoms with Crippen LogP contribution < -0.4 is 5.32 Å². The number of aromatic nitrogens is 1. The van der Waals surface area contributed by atoms with Crippen LogP contribution in [0.2, 0.25) is 0 Å². The minimum atomic E-state index is -0.329. The van der Waals surface area contributed by atoms with Crippen molar-refractivity contribution >= 4 is 16.8 Å². The molecular weight excluding hydrogens is 390 g/mol. The highest BCUT2D eigenvalue weighted by Crippen LogP contribution is 2.26. The van der Waals surface area contributed by atoms with Gasteiger partial charge in [0.15, 0.2) is 0 Å². The van der Waals surface area contributed by atoms with Crippen molar-refractivity contribution in [1.82, 2.24) is 14.8 Å². The molecule has 1 aliphatic rings. The summed E-state index contributed by atoms with van der Waals surface area (Å²) < 4.78 is 7.69. The van der Waals surface area contributed by atoms with Gasteiger partial charge in [-0.2, -0.15) is 0 Å². The number of morpholine rings is 1. The predicted octanol–water partition coefficient (Wildman–Crippen LogP) is 2.62. The van der Waals surface area contributed by atoms with Crippen molar-refractivity contribution in [3.05, 3.63) is 71.4 Å². The Hall–Kier alpha value is -2.67. The van der Waals surface area contributed by atoms with Gasteiger partial charge in [-0.25, -0.2) is 0 Å². The van der Waals surface area contributed by atoms with Crippen molar-refractivity contribution in [3.63, 3.8) is 0 Å². The number of hydrogen-bond acceptors (Lipinski definition) is 4. The number of amides is 1. The first kappa shape index (κ1) is 21.6. The summed E-state index contributed by atoms with van der Waals surface area (Å²) in [7, 11) is 0. The Labute approximate surface area is 183 Å². The van der Waals surface area contributed by atoms with Crippen LogP contribution in [0.15, 0.2) is 54.6 Å². The molecule has 1 aliphatic heterocycles. The van der Waals surface area contributed by atoms with Gasteiger partial charge in [-0.05, 0) is 25.0 Å². The number of aliphatic hydroxyl groups is 1. The molecule has 1 aromatic heterocycles. The molecule has 1 amide bonds. The van der Waals surface area contributed by atoms with Crippen LogP contribution in [0.3, 0.4) is 0 Å². The minimum Gasteiger partial charge on any atom is -0.394 e. The monoisotopic (exact) mass is 421 g/mol. The fourth-order valence-corrected chi connectivity index (χ4v) is 4.39. The maximum Gasteiger partial charge on any atom is 0.254 e. The first-order chi connectivity index (χ1) is 15.2. The Morgan fingerprint density at radius 2 is 1.77 bits per heavy atom. The average molecular weight is 422 g/mol. The molecule has 0 bridgehead atoms. The Bertz CT molecular complexity index is 1010. The predicted molar refractivity (Wildman–Crippen MR) is 122 cm³/mol. The van der Waals surface area contributed by atoms with Gasteiger partial charge in [-0.15, -0.1) is 0 Å². The number of nitrogens with one attached hydrogen (secondary N) is 1. The van der Waals surface area contributed by atoms with E-state index in [0.29, 0.717) is 12.0 Å². The summed E-state index contributed by atoms with van der Waals surface area (Å²) in [5, 5.41) is 13.9. The second-order valence-electron chi connectivity index (χ2n) is 8.13. The van der Waals surface area contributed by atoms with E-state index in [1.165, 1.54) is 0 Å². The molecule has 0 saturated carbocycles. The number of nitrogens with zero attached hydrogens (tertiary/aromatic N) is 2. The second kappa shape index (κ2) is 10.1. The third kappa shape index (κ3) is 4.98. The van der Waals surface area contributed by atoms with Crippen molar-refractivity contribution in [1.29, 1.82) is 0 Å². The molecule has 164 valence electrons. The van der Waals surface area contributed by atoms with E-state index in [4.69, 9.17) is 4.74 Å². The lowest BCUT2D eigenvalue weighted by atomic mass is 10.1. The first-order valence-electron chi connectivity index (χ1n) is 11.0. The van der Waals surface area contributed by atoms with E-state index < -0.39 is 0 Å². The molecule has 6 nitrogen and oxygen atoms in total. The molecule has 4 rings (SSSR count). The van der Waals surface area contributed by atoms with E-state index in [9.17, 15) is 9.90 Å². The molecule has 1 fully saturated rings. The summed E-state index contributed by atoms with van der Waals surface area (Å²) in [5.41, 5.74) is 3.82. The van der Waals surface area contributed by atoms with E-state index in [0.717, 1.165) is 61.6 Å². The van der Waals surface area contributed by atoms with Gasteiger partial charge in [0, 0.05) is 42.8 Å². The highest BCUT2D eigenvalue weighted by molar-refractivity contribution is 6.08. The van der Waals surface area contributed by atoms with Crippen LogP contribution in [-0.2, 0) is 17.7 Å². The lowest BCUT2D eigenvalue weighted by molar-refractivity contribution is 0.0365. The molecule has 31 heavy (non-hydrogen) atoms. The van der Waals surface area contributed by atoms with Crippen molar-refractivity contribution < 1.29 is 14.6 Å². The molecule has 1 unspecified atom stereocenters. The van der Waals surface area contributed by atoms with Gasteiger partial charge in [-0.3, -0.25) is 9.69 Å². The maximum atomic E-state index is 13.3. The van der Waals surface area contributed by atoms with Crippen LogP contribution in [-0.4, -0.2) is 66.0 Å². The van der Waals surface area contributed by atoms with E-state index in [1.807, 2.05) is 55.5 Å². The summed E-state index contributed by atoms with van der Waals surface area (Å²) in [4.78, 5) is 15.7. The molecule has 3 aromatic rings. The molecule has 0 aliphatic carbocycles. The standard InChI is InChI=1S/C25H31N3O3/c1-19-24(25(30)26-21(18-29)17-20-7-3-2-4-8-20)22-9-5-6-10-23(22)28(19)12-11-27-13-15-31-16-14-27/h2-10,21,29H,11-18H2,1H3,(H,26,30). The maximum absolute atomic E-state index is 13.3. The summed E-state index contributed by atoms with van der Waals surface area (Å²) in [6.45, 7) is 7.12. The molecular formula is C25H31N3O3. The van der Waals surface area contributed by atoms with Gasteiger partial charge in [-0.1, -0.05) is 48.5 Å². The van der Waals surface area contributed by atoms with E-state index in [1.54, 1.807) is 0 Å². The van der Waals surface area contributed by atoms with Crippen molar-refractivity contribution in [2.24, 2.45) is 0 Å². The van der Waals surface area contributed by atoms with Crippen LogP contribution in [0.4, 0.5) is 0 Å². The molecule has 0 spiro atoms. The number of rotatable bonds is 8. The third-order valence-corrected chi connectivity index (χ3v) is 6.08. The molecule has 6 heteroatoms. The van der Waals surface area contributed by atoms with Crippen molar-refractivity contribution in [3.8, 4) is 0 Å². The number of hydrogen-bond donors (Lipinski definition) is 2. The Morgan fingerprint density at radius 1 is 1.06 bits per heavy atom. The van der Waals surface area contributed by atoms with E-state index >= 15 is 0 Å². The number of para-hydroxylation sites is 1. The van der Waals surface area contributed by atoms with E-state index in [2.05, 4.69) is 20.9 Å². The van der Waals surface area contributed by atoms with Crippen molar-refractivity contribution in [2.75, 3.05) is 39.5 Å². The topological polar surface area (TPSA) is 66.7 Å². The van der Waals surface area contributed by atoms with Gasteiger partial charge < -0.3 is 19.7 Å². The normalized spacial score (nSPS) is 15.8.